The summed E-state index contributed by atoms with van der Waals surface area (Å²) in [5.74, 6) is -0.196. The molecule has 1 atom stereocenters. The fourth-order valence-electron chi connectivity index (χ4n) is 2.57. The summed E-state index contributed by atoms with van der Waals surface area (Å²) in [7, 11) is 3.07. The summed E-state index contributed by atoms with van der Waals surface area (Å²) < 4.78 is 29.1. The number of amides is 1. The number of hydrogen-bond donors (Lipinski definition) is 1. The second-order valence-corrected chi connectivity index (χ2v) is 6.13. The lowest BCUT2D eigenvalue weighted by molar-refractivity contribution is -0.154. The molecule has 0 aliphatic heterocycles. The van der Waals surface area contributed by atoms with E-state index < -0.39 is 18.0 Å². The van der Waals surface area contributed by atoms with Gasteiger partial charge in [-0.25, -0.2) is 4.39 Å². The summed E-state index contributed by atoms with van der Waals surface area (Å²) in [6.45, 7) is 1.74. The van der Waals surface area contributed by atoms with E-state index in [0.29, 0.717) is 17.1 Å². The van der Waals surface area contributed by atoms with Gasteiger partial charge in [-0.1, -0.05) is 24.3 Å². The molecule has 1 N–H and O–H groups in total. The molecule has 1 amide bonds. The van der Waals surface area contributed by atoms with Crippen LogP contribution in [0.15, 0.2) is 42.5 Å². The van der Waals surface area contributed by atoms with Crippen molar-refractivity contribution in [1.82, 2.24) is 5.32 Å². The zero-order valence-corrected chi connectivity index (χ0v) is 16.2. The molecule has 150 valence electrons. The summed E-state index contributed by atoms with van der Waals surface area (Å²) in [4.78, 5) is 24.1. The molecule has 0 bridgehead atoms. The standard InChI is InChI=1S/C21H24FNO5/c1-14(28-20(24)11-9-16-6-4-5-7-17(16)22)21(25)23-13-15-8-10-18(26-2)19(12-15)27-3/h4-8,10,12,14H,9,11,13H2,1-3H3,(H,23,25). The monoisotopic (exact) mass is 389 g/mol. The lowest BCUT2D eigenvalue weighted by Crippen LogP contribution is -2.35. The highest BCUT2D eigenvalue weighted by atomic mass is 19.1. The molecule has 0 aliphatic carbocycles. The molecular formula is C21H24FNO5. The maximum atomic E-state index is 13.6. The Balaban J connectivity index is 1.80. The first-order valence-electron chi connectivity index (χ1n) is 8.86. The highest BCUT2D eigenvalue weighted by molar-refractivity contribution is 5.83. The molecule has 6 nitrogen and oxygen atoms in total. The quantitative estimate of drug-likeness (QED) is 0.668. The highest BCUT2D eigenvalue weighted by Crippen LogP contribution is 2.27. The van der Waals surface area contributed by atoms with Gasteiger partial charge in [0.2, 0.25) is 0 Å². The predicted octanol–water partition coefficient (Wildman–Crippen LogP) is 3.02. The van der Waals surface area contributed by atoms with Crippen LogP contribution < -0.4 is 14.8 Å². The predicted molar refractivity (Wildman–Crippen MR) is 102 cm³/mol. The highest BCUT2D eigenvalue weighted by Gasteiger charge is 2.18. The minimum Gasteiger partial charge on any atom is -0.493 e. The molecule has 0 spiro atoms. The van der Waals surface area contributed by atoms with E-state index in [9.17, 15) is 14.0 Å². The van der Waals surface area contributed by atoms with E-state index in [0.717, 1.165) is 5.56 Å². The summed E-state index contributed by atoms with van der Waals surface area (Å²) >= 11 is 0. The number of ether oxygens (including phenoxy) is 3. The number of carbonyl (C=O) groups is 2. The Labute approximate surface area is 163 Å². The number of esters is 1. The Morgan fingerprint density at radius 3 is 2.46 bits per heavy atom. The number of carbonyl (C=O) groups excluding carboxylic acids is 2. The minimum absolute atomic E-state index is 0.00572. The second kappa shape index (κ2) is 10.3. The Morgan fingerprint density at radius 1 is 1.07 bits per heavy atom. The van der Waals surface area contributed by atoms with E-state index in [1.54, 1.807) is 43.5 Å². The van der Waals surface area contributed by atoms with E-state index >= 15 is 0 Å². The summed E-state index contributed by atoms with van der Waals surface area (Å²) in [6.07, 6.45) is -0.743. The fourth-order valence-corrected chi connectivity index (χ4v) is 2.57. The first-order valence-corrected chi connectivity index (χ1v) is 8.86. The van der Waals surface area contributed by atoms with Crippen LogP contribution in [-0.4, -0.2) is 32.2 Å². The molecule has 2 aromatic carbocycles. The maximum Gasteiger partial charge on any atom is 0.306 e. The molecule has 0 saturated carbocycles. The van der Waals surface area contributed by atoms with Crippen molar-refractivity contribution in [3.8, 4) is 11.5 Å². The third-order valence-electron chi connectivity index (χ3n) is 4.15. The van der Waals surface area contributed by atoms with Crippen molar-refractivity contribution in [1.29, 1.82) is 0 Å². The normalized spacial score (nSPS) is 11.4. The number of nitrogens with one attached hydrogen (secondary N) is 1. The van der Waals surface area contributed by atoms with Crippen LogP contribution in [-0.2, 0) is 27.3 Å². The minimum atomic E-state index is -0.951. The van der Waals surface area contributed by atoms with Crippen LogP contribution in [0, 0.1) is 5.82 Å². The lowest BCUT2D eigenvalue weighted by atomic mass is 10.1. The van der Waals surface area contributed by atoms with Gasteiger partial charge in [-0.15, -0.1) is 0 Å². The zero-order valence-electron chi connectivity index (χ0n) is 16.2. The molecule has 1 unspecified atom stereocenters. The topological polar surface area (TPSA) is 73.9 Å². The van der Waals surface area contributed by atoms with Crippen LogP contribution in [0.1, 0.15) is 24.5 Å². The smallest absolute Gasteiger partial charge is 0.306 e. The number of rotatable bonds is 9. The Morgan fingerprint density at radius 2 is 1.79 bits per heavy atom. The van der Waals surface area contributed by atoms with E-state index in [1.807, 2.05) is 0 Å². The fraction of sp³-hybridized carbons (Fsp3) is 0.333. The van der Waals surface area contributed by atoms with Gasteiger partial charge in [0.1, 0.15) is 5.82 Å². The maximum absolute atomic E-state index is 13.6. The van der Waals surface area contributed by atoms with Crippen LogP contribution in [0.25, 0.3) is 0 Å². The van der Waals surface area contributed by atoms with Crippen LogP contribution in [0.2, 0.25) is 0 Å². The number of methoxy groups -OCH3 is 2. The molecule has 7 heteroatoms. The van der Waals surface area contributed by atoms with Crippen molar-refractivity contribution < 1.29 is 28.2 Å². The molecule has 2 aromatic rings. The van der Waals surface area contributed by atoms with Crippen molar-refractivity contribution in [3.05, 3.63) is 59.4 Å². The van der Waals surface area contributed by atoms with Crippen molar-refractivity contribution >= 4 is 11.9 Å². The Kier molecular flexibility index (Phi) is 7.80. The number of benzene rings is 2. The van der Waals surface area contributed by atoms with Gasteiger partial charge >= 0.3 is 5.97 Å². The Bertz CT molecular complexity index is 824. The third-order valence-corrected chi connectivity index (χ3v) is 4.15. The third kappa shape index (κ3) is 5.97. The summed E-state index contributed by atoms with van der Waals surface area (Å²) in [5, 5.41) is 2.70. The van der Waals surface area contributed by atoms with Gasteiger partial charge in [0.05, 0.1) is 14.2 Å². The van der Waals surface area contributed by atoms with Crippen LogP contribution in [0.4, 0.5) is 4.39 Å². The first kappa shape index (κ1) is 21.2. The van der Waals surface area contributed by atoms with Gasteiger partial charge in [-0.2, -0.15) is 0 Å². The zero-order chi connectivity index (χ0) is 20.5. The molecular weight excluding hydrogens is 365 g/mol. The van der Waals surface area contributed by atoms with Gasteiger partial charge < -0.3 is 19.5 Å². The summed E-state index contributed by atoms with van der Waals surface area (Å²) in [5.41, 5.74) is 1.24. The summed E-state index contributed by atoms with van der Waals surface area (Å²) in [6, 6.07) is 11.5. The van der Waals surface area contributed by atoms with Crippen molar-refractivity contribution in [2.24, 2.45) is 0 Å². The molecule has 0 radical (unpaired) electrons. The first-order chi connectivity index (χ1) is 13.4. The molecule has 0 aromatic heterocycles. The molecule has 0 saturated heterocycles. The van der Waals surface area contributed by atoms with Crippen molar-refractivity contribution in [3.63, 3.8) is 0 Å². The van der Waals surface area contributed by atoms with E-state index in [1.165, 1.54) is 20.1 Å². The second-order valence-electron chi connectivity index (χ2n) is 6.13. The molecule has 0 fully saturated rings. The van der Waals surface area contributed by atoms with Gasteiger partial charge in [0, 0.05) is 13.0 Å². The number of halogens is 1. The average molecular weight is 389 g/mol. The number of aryl methyl sites for hydroxylation is 1. The molecule has 0 heterocycles. The lowest BCUT2D eigenvalue weighted by Gasteiger charge is -2.14. The van der Waals surface area contributed by atoms with Crippen molar-refractivity contribution in [2.75, 3.05) is 14.2 Å². The van der Waals surface area contributed by atoms with Gasteiger partial charge in [0.25, 0.3) is 5.91 Å². The average Bonchev–Trinajstić information content (AvgIpc) is 2.71. The number of hydrogen-bond acceptors (Lipinski definition) is 5. The van der Waals surface area contributed by atoms with E-state index in [4.69, 9.17) is 14.2 Å². The van der Waals surface area contributed by atoms with Crippen LogP contribution >= 0.6 is 0 Å². The molecule has 0 aliphatic rings. The van der Waals surface area contributed by atoms with Crippen LogP contribution in [0.3, 0.4) is 0 Å². The van der Waals surface area contributed by atoms with Gasteiger partial charge in [0.15, 0.2) is 17.6 Å². The van der Waals surface area contributed by atoms with Gasteiger partial charge in [-0.3, -0.25) is 9.59 Å². The largest absolute Gasteiger partial charge is 0.493 e. The molecule has 2 rings (SSSR count). The van der Waals surface area contributed by atoms with Crippen LogP contribution in [0.5, 0.6) is 11.5 Å². The Hall–Kier alpha value is -3.09. The van der Waals surface area contributed by atoms with E-state index in [2.05, 4.69) is 5.32 Å². The van der Waals surface area contributed by atoms with Gasteiger partial charge in [-0.05, 0) is 42.7 Å². The SMILES string of the molecule is COc1ccc(CNC(=O)C(C)OC(=O)CCc2ccccc2F)cc1OC. The van der Waals surface area contributed by atoms with Crippen molar-refractivity contribution in [2.45, 2.75) is 32.4 Å². The van der Waals surface area contributed by atoms with E-state index in [-0.39, 0.29) is 25.2 Å². The molecule has 28 heavy (non-hydrogen) atoms.